The number of benzene rings is 2. The molecule has 2 aromatic carbocycles. The van der Waals surface area contributed by atoms with Gasteiger partial charge >= 0.3 is 0 Å². The molecule has 0 aliphatic heterocycles. The molecule has 3 N–H and O–H groups in total. The number of thiocarbonyl (C=S) groups is 1. The van der Waals surface area contributed by atoms with Crippen LogP contribution in [0, 0.1) is 0 Å². The van der Waals surface area contributed by atoms with Gasteiger partial charge in [0.2, 0.25) is 9.70 Å². The number of hydrogen-bond donors (Lipinski definition) is 3. The minimum Gasteiger partial charge on any atom is -0.339 e. The molecule has 2 rings (SSSR count). The van der Waals surface area contributed by atoms with Crippen molar-refractivity contribution in [2.24, 2.45) is 0 Å². The highest BCUT2D eigenvalue weighted by Crippen LogP contribution is 2.29. The van der Waals surface area contributed by atoms with Gasteiger partial charge in [-0.05, 0) is 48.3 Å². The summed E-state index contributed by atoms with van der Waals surface area (Å²) in [4.78, 5) is 12.4. The van der Waals surface area contributed by atoms with E-state index in [1.54, 1.807) is 0 Å². The fraction of sp³-hybridized carbons (Fsp3) is 0.391. The number of carbonyl (C=O) groups excluding carboxylic acids is 1. The van der Waals surface area contributed by atoms with Gasteiger partial charge in [0.1, 0.15) is 6.17 Å². The van der Waals surface area contributed by atoms with E-state index in [4.69, 9.17) is 47.0 Å². The third-order valence-corrected chi connectivity index (χ3v) is 5.52. The Hall–Kier alpha value is -1.53. The maximum atomic E-state index is 12.4. The minimum atomic E-state index is -1.79. The van der Waals surface area contributed by atoms with Crippen molar-refractivity contribution in [1.29, 1.82) is 0 Å². The molecule has 0 aliphatic rings. The number of alkyl halides is 3. The molecule has 0 spiro atoms. The third-order valence-electron chi connectivity index (χ3n) is 4.65. The lowest BCUT2D eigenvalue weighted by molar-refractivity contribution is -0.121. The van der Waals surface area contributed by atoms with Gasteiger partial charge in [-0.15, -0.1) is 0 Å². The maximum absolute atomic E-state index is 12.4. The zero-order chi connectivity index (χ0) is 22.7. The van der Waals surface area contributed by atoms with Crippen LogP contribution >= 0.6 is 47.0 Å². The quantitative estimate of drug-likeness (QED) is 0.158. The summed E-state index contributed by atoms with van der Waals surface area (Å²) in [6.07, 6.45) is 5.17. The molecule has 0 saturated heterocycles. The molecule has 1 unspecified atom stereocenters. The second-order valence-electron chi connectivity index (χ2n) is 7.31. The van der Waals surface area contributed by atoms with E-state index >= 15 is 0 Å². The number of nitrogens with one attached hydrogen (secondary N) is 3. The zero-order valence-corrected chi connectivity index (χ0v) is 20.6. The van der Waals surface area contributed by atoms with Crippen molar-refractivity contribution in [3.63, 3.8) is 0 Å². The molecule has 1 amide bonds. The van der Waals surface area contributed by atoms with E-state index < -0.39 is 9.96 Å². The van der Waals surface area contributed by atoms with Crippen molar-refractivity contribution >= 4 is 63.7 Å². The van der Waals surface area contributed by atoms with E-state index in [2.05, 4.69) is 35.0 Å². The number of anilines is 1. The topological polar surface area (TPSA) is 53.2 Å². The molecule has 0 aliphatic carbocycles. The van der Waals surface area contributed by atoms with Crippen LogP contribution in [-0.4, -0.2) is 21.0 Å². The van der Waals surface area contributed by atoms with Crippen LogP contribution < -0.4 is 16.0 Å². The Morgan fingerprint density at radius 3 is 2.23 bits per heavy atom. The Bertz CT molecular complexity index is 826. The smallest absolute Gasteiger partial charge is 0.228 e. The van der Waals surface area contributed by atoms with Gasteiger partial charge in [-0.1, -0.05) is 103 Å². The first-order valence-electron chi connectivity index (χ1n) is 10.3. The number of rotatable bonds is 10. The molecule has 1 atom stereocenters. The number of amides is 1. The highest BCUT2D eigenvalue weighted by Gasteiger charge is 2.34. The lowest BCUT2D eigenvalue weighted by Crippen LogP contribution is -2.56. The van der Waals surface area contributed by atoms with E-state index in [0.29, 0.717) is 0 Å². The van der Waals surface area contributed by atoms with E-state index in [0.717, 1.165) is 17.7 Å². The Morgan fingerprint density at radius 2 is 1.61 bits per heavy atom. The van der Waals surface area contributed by atoms with Gasteiger partial charge < -0.3 is 16.0 Å². The predicted molar refractivity (Wildman–Crippen MR) is 136 cm³/mol. The molecule has 31 heavy (non-hydrogen) atoms. The summed E-state index contributed by atoms with van der Waals surface area (Å²) in [5, 5.41) is 8.88. The second kappa shape index (κ2) is 13.1. The fourth-order valence-electron chi connectivity index (χ4n) is 3.00. The zero-order valence-electron chi connectivity index (χ0n) is 17.5. The van der Waals surface area contributed by atoms with Crippen molar-refractivity contribution in [2.45, 2.75) is 55.4 Å². The van der Waals surface area contributed by atoms with Crippen LogP contribution in [0.25, 0.3) is 0 Å². The highest BCUT2D eigenvalue weighted by molar-refractivity contribution is 7.80. The summed E-state index contributed by atoms with van der Waals surface area (Å²) in [5.74, 6) is -0.287. The monoisotopic (exact) mass is 499 g/mol. The standard InChI is InChI=1S/C23H28Cl3N3OS/c1-2-3-4-6-9-17-12-14-19(15-13-17)27-22(31)29-21(23(24,25)26)28-20(30)16-18-10-7-5-8-11-18/h5,7-8,10-15,21H,2-4,6,9,16H2,1H3,(H,28,30)(H2,27,29,31). The molecular formula is C23H28Cl3N3OS. The molecule has 168 valence electrons. The molecule has 4 nitrogen and oxygen atoms in total. The Labute approximate surface area is 205 Å². The van der Waals surface area contributed by atoms with Gasteiger partial charge in [-0.25, -0.2) is 0 Å². The first-order valence-corrected chi connectivity index (χ1v) is 11.9. The number of hydrogen-bond acceptors (Lipinski definition) is 2. The minimum absolute atomic E-state index is 0.166. The van der Waals surface area contributed by atoms with Crippen molar-refractivity contribution in [1.82, 2.24) is 10.6 Å². The van der Waals surface area contributed by atoms with Gasteiger partial charge in [0, 0.05) is 5.69 Å². The lowest BCUT2D eigenvalue weighted by Gasteiger charge is -2.27. The Morgan fingerprint density at radius 1 is 0.935 bits per heavy atom. The van der Waals surface area contributed by atoms with Gasteiger partial charge in [0.05, 0.1) is 6.42 Å². The van der Waals surface area contributed by atoms with Crippen molar-refractivity contribution in [3.8, 4) is 0 Å². The average molecular weight is 501 g/mol. The molecule has 2 aromatic rings. The van der Waals surface area contributed by atoms with Crippen LogP contribution in [0.3, 0.4) is 0 Å². The van der Waals surface area contributed by atoms with E-state index in [1.165, 1.54) is 31.2 Å². The number of aryl methyl sites for hydroxylation is 1. The summed E-state index contributed by atoms with van der Waals surface area (Å²) in [6.45, 7) is 2.21. The van der Waals surface area contributed by atoms with Crippen molar-refractivity contribution < 1.29 is 4.79 Å². The molecular weight excluding hydrogens is 473 g/mol. The molecule has 0 bridgehead atoms. The normalized spacial score (nSPS) is 12.1. The highest BCUT2D eigenvalue weighted by atomic mass is 35.6. The molecule has 0 heterocycles. The molecule has 0 aromatic heterocycles. The number of carbonyl (C=O) groups is 1. The Balaban J connectivity index is 1.88. The molecule has 0 fully saturated rings. The molecule has 8 heteroatoms. The first-order chi connectivity index (χ1) is 14.8. The van der Waals surface area contributed by atoms with Crippen LogP contribution in [0.2, 0.25) is 0 Å². The van der Waals surface area contributed by atoms with E-state index in [9.17, 15) is 4.79 Å². The van der Waals surface area contributed by atoms with Crippen LogP contribution in [0.5, 0.6) is 0 Å². The van der Waals surface area contributed by atoms with Gasteiger partial charge in [-0.3, -0.25) is 4.79 Å². The summed E-state index contributed by atoms with van der Waals surface area (Å²) < 4.78 is -1.79. The third kappa shape index (κ3) is 10.1. The molecule has 0 radical (unpaired) electrons. The van der Waals surface area contributed by atoms with Gasteiger partial charge in [0.15, 0.2) is 5.11 Å². The summed E-state index contributed by atoms with van der Waals surface area (Å²) >= 11 is 23.5. The van der Waals surface area contributed by atoms with Crippen molar-refractivity contribution in [2.75, 3.05) is 5.32 Å². The largest absolute Gasteiger partial charge is 0.339 e. The Kier molecular flexibility index (Phi) is 10.9. The predicted octanol–water partition coefficient (Wildman–Crippen LogP) is 6.15. The second-order valence-corrected chi connectivity index (χ2v) is 10.1. The van der Waals surface area contributed by atoms with Gasteiger partial charge in [0.25, 0.3) is 0 Å². The summed E-state index contributed by atoms with van der Waals surface area (Å²) in [6, 6.07) is 17.4. The summed E-state index contributed by atoms with van der Waals surface area (Å²) in [5.41, 5.74) is 2.96. The molecule has 0 saturated carbocycles. The van der Waals surface area contributed by atoms with Crippen molar-refractivity contribution in [3.05, 3.63) is 65.7 Å². The van der Waals surface area contributed by atoms with Crippen LogP contribution in [-0.2, 0) is 17.6 Å². The van der Waals surface area contributed by atoms with Crippen LogP contribution in [0.15, 0.2) is 54.6 Å². The first kappa shape index (κ1) is 25.7. The average Bonchev–Trinajstić information content (AvgIpc) is 2.72. The van der Waals surface area contributed by atoms with Gasteiger partial charge in [-0.2, -0.15) is 0 Å². The number of halogens is 3. The lowest BCUT2D eigenvalue weighted by atomic mass is 10.1. The number of unbranched alkanes of at least 4 members (excludes halogenated alkanes) is 3. The SMILES string of the molecule is CCCCCCc1ccc(NC(=S)NC(NC(=O)Cc2ccccc2)C(Cl)(Cl)Cl)cc1. The maximum Gasteiger partial charge on any atom is 0.228 e. The summed E-state index contributed by atoms with van der Waals surface area (Å²) in [7, 11) is 0. The van der Waals surface area contributed by atoms with Crippen LogP contribution in [0.1, 0.15) is 43.7 Å². The van der Waals surface area contributed by atoms with E-state index in [-0.39, 0.29) is 17.4 Å². The van der Waals surface area contributed by atoms with Crippen LogP contribution in [0.4, 0.5) is 5.69 Å². The fourth-order valence-corrected chi connectivity index (χ4v) is 3.56. The van der Waals surface area contributed by atoms with E-state index in [1.807, 2.05) is 42.5 Å².